The maximum absolute atomic E-state index is 8.88. The summed E-state index contributed by atoms with van der Waals surface area (Å²) in [5, 5.41) is 0. The van der Waals surface area contributed by atoms with Crippen molar-refractivity contribution in [2.24, 2.45) is 0 Å². The largest absolute Gasteiger partial charge is 2.00 e. The van der Waals surface area contributed by atoms with Crippen LogP contribution in [0.3, 0.4) is 0 Å². The van der Waals surface area contributed by atoms with Gasteiger partial charge in [0.2, 0.25) is 0 Å². The van der Waals surface area contributed by atoms with Crippen molar-refractivity contribution >= 4 is 48.2 Å². The maximum Gasteiger partial charge on any atom is 2.00 e. The molecule has 4 nitrogen and oxygen atoms in total. The third-order valence-corrected chi connectivity index (χ3v) is 0. The minimum atomic E-state index is -4.64. The average molecular weight is 262 g/mol. The van der Waals surface area contributed by atoms with Crippen molar-refractivity contribution in [1.82, 2.24) is 0 Å². The van der Waals surface area contributed by atoms with Crippen molar-refractivity contribution in [3.8, 4) is 0 Å². The Morgan fingerprint density at radius 2 is 1.25 bits per heavy atom. The van der Waals surface area contributed by atoms with E-state index in [1.807, 2.05) is 0 Å². The van der Waals surface area contributed by atoms with Gasteiger partial charge in [-0.05, 0) is 0 Å². The van der Waals surface area contributed by atoms with E-state index in [1.54, 1.807) is 0 Å². The van der Waals surface area contributed by atoms with Crippen molar-refractivity contribution in [3.63, 3.8) is 0 Å². The van der Waals surface area contributed by atoms with Crippen LogP contribution in [0.15, 0.2) is 0 Å². The summed E-state index contributed by atoms with van der Waals surface area (Å²) in [4.78, 5) is 21.6. The van der Waals surface area contributed by atoms with E-state index in [1.165, 1.54) is 0 Å². The molecule has 0 aliphatic rings. The SMILES string of the molecule is O=P(O)(O)O.[Ag].[AlH3].[H-].[H-].[Mg+2]. The molecule has 0 spiro atoms. The Kier molecular flexibility index (Phi) is 25.7. The van der Waals surface area contributed by atoms with E-state index in [0.29, 0.717) is 0 Å². The Hall–Kier alpha value is 2.15. The van der Waals surface area contributed by atoms with E-state index in [0.717, 1.165) is 0 Å². The van der Waals surface area contributed by atoms with E-state index >= 15 is 0 Å². The minimum Gasteiger partial charge on any atom is -1.00 e. The first-order chi connectivity index (χ1) is 2.00. The fourth-order valence-corrected chi connectivity index (χ4v) is 0. The van der Waals surface area contributed by atoms with Gasteiger partial charge in [0.25, 0.3) is 0 Å². The van der Waals surface area contributed by atoms with E-state index < -0.39 is 7.82 Å². The summed E-state index contributed by atoms with van der Waals surface area (Å²) in [6.45, 7) is 0. The molecule has 0 aromatic rings. The Balaban J connectivity index is -0.00000000800. The van der Waals surface area contributed by atoms with Gasteiger partial charge in [-0.1, -0.05) is 0 Å². The molecule has 0 aromatic carbocycles. The van der Waals surface area contributed by atoms with Crippen LogP contribution in [-0.2, 0) is 26.9 Å². The molecule has 0 bridgehead atoms. The van der Waals surface area contributed by atoms with Crippen LogP contribution in [0.1, 0.15) is 2.85 Å². The Bertz CT molecular complexity index is 69.4. The number of rotatable bonds is 0. The van der Waals surface area contributed by atoms with Crippen molar-refractivity contribution in [2.75, 3.05) is 0 Å². The summed E-state index contributed by atoms with van der Waals surface area (Å²) in [6.07, 6.45) is 0. The molecule has 0 unspecified atom stereocenters. The zero-order valence-corrected chi connectivity index (χ0v) is 7.00. The van der Waals surface area contributed by atoms with E-state index in [9.17, 15) is 0 Å². The minimum absolute atomic E-state index is 0. The summed E-state index contributed by atoms with van der Waals surface area (Å²) < 4.78 is 8.88. The molecule has 0 amide bonds. The summed E-state index contributed by atoms with van der Waals surface area (Å²) in [6, 6.07) is 0. The van der Waals surface area contributed by atoms with Crippen LogP contribution in [-0.4, -0.2) is 55.1 Å². The first-order valence-electron chi connectivity index (χ1n) is 0.783. The number of hydrogen-bond acceptors (Lipinski definition) is 1. The molecule has 0 aliphatic heterocycles. The quantitative estimate of drug-likeness (QED) is 0.340. The van der Waals surface area contributed by atoms with E-state index in [2.05, 4.69) is 0 Å². The van der Waals surface area contributed by atoms with Crippen molar-refractivity contribution in [1.29, 1.82) is 0 Å². The summed E-state index contributed by atoms with van der Waals surface area (Å²) in [5.41, 5.74) is 0. The van der Waals surface area contributed by atoms with Gasteiger partial charge in [-0.3, -0.25) is 0 Å². The zero-order chi connectivity index (χ0) is 4.50. The van der Waals surface area contributed by atoms with Gasteiger partial charge < -0.3 is 17.5 Å². The molecular formula is H8AgAlMgO4P. The molecule has 0 aromatic heterocycles. The standard InChI is InChI=1S/Ag.Al.Mg.H3O4P.5H/c;;;1-5(2,3)4;;;;;/h;;;(H3,1,2,3,4);;;;;/q;;+2;;;;;2*-1. The first-order valence-corrected chi connectivity index (χ1v) is 2.35. The molecule has 8 heteroatoms. The molecule has 8 heavy (non-hydrogen) atoms. The Morgan fingerprint density at radius 1 is 1.25 bits per heavy atom. The zero-order valence-electron chi connectivity index (χ0n) is 5.21. The van der Waals surface area contributed by atoms with Crippen LogP contribution in [0.2, 0.25) is 0 Å². The first kappa shape index (κ1) is 22.5. The molecule has 0 heterocycles. The second kappa shape index (κ2) is 9.15. The molecule has 1 radical (unpaired) electrons. The van der Waals surface area contributed by atoms with Crippen molar-refractivity contribution in [3.05, 3.63) is 0 Å². The smallest absolute Gasteiger partial charge is 1.00 e. The van der Waals surface area contributed by atoms with Gasteiger partial charge in [-0.15, -0.1) is 0 Å². The third-order valence-electron chi connectivity index (χ3n) is 0. The molecule has 0 fully saturated rings. The Labute approximate surface area is 92.1 Å². The van der Waals surface area contributed by atoms with Gasteiger partial charge >= 0.3 is 30.9 Å². The number of hydrogen-bond donors (Lipinski definition) is 3. The van der Waals surface area contributed by atoms with Gasteiger partial charge in [0.1, 0.15) is 0 Å². The van der Waals surface area contributed by atoms with Crippen LogP contribution in [0, 0.1) is 0 Å². The topological polar surface area (TPSA) is 77.8 Å². The van der Waals surface area contributed by atoms with Gasteiger partial charge in [0.05, 0.1) is 0 Å². The van der Waals surface area contributed by atoms with Crippen LogP contribution < -0.4 is 0 Å². The van der Waals surface area contributed by atoms with Crippen molar-refractivity contribution < 1.29 is 44.5 Å². The van der Waals surface area contributed by atoms with Gasteiger partial charge in [-0.25, -0.2) is 4.57 Å². The second-order valence-electron chi connectivity index (χ2n) is 0.513. The van der Waals surface area contributed by atoms with Gasteiger partial charge in [-0.2, -0.15) is 0 Å². The van der Waals surface area contributed by atoms with Crippen LogP contribution in [0.4, 0.5) is 0 Å². The predicted molar refractivity (Wildman–Crippen MR) is 32.2 cm³/mol. The van der Waals surface area contributed by atoms with E-state index in [-0.39, 0.29) is 65.6 Å². The molecule has 3 N–H and O–H groups in total. The Morgan fingerprint density at radius 3 is 1.25 bits per heavy atom. The fraction of sp³-hybridized carbons (Fsp3) is 0. The average Bonchev–Trinajstić information content (AvgIpc) is 0.722. The number of phosphoric acid groups is 1. The normalized spacial score (nSPS) is 7.38. The van der Waals surface area contributed by atoms with Crippen molar-refractivity contribution in [2.45, 2.75) is 0 Å². The molecular weight excluding hydrogens is 254 g/mol. The predicted octanol–water partition coefficient (Wildman–Crippen LogP) is -2.27. The summed E-state index contributed by atoms with van der Waals surface area (Å²) in [7, 11) is -4.64. The summed E-state index contributed by atoms with van der Waals surface area (Å²) in [5.74, 6) is 0. The van der Waals surface area contributed by atoms with Gasteiger partial charge in [0, 0.05) is 22.4 Å². The molecule has 0 saturated carbocycles. The van der Waals surface area contributed by atoms with Crippen LogP contribution >= 0.6 is 7.82 Å². The van der Waals surface area contributed by atoms with Crippen LogP contribution in [0.5, 0.6) is 0 Å². The maximum atomic E-state index is 8.88. The second-order valence-corrected chi connectivity index (χ2v) is 1.54. The van der Waals surface area contributed by atoms with Gasteiger partial charge in [0.15, 0.2) is 17.4 Å². The fourth-order valence-electron chi connectivity index (χ4n) is 0. The van der Waals surface area contributed by atoms with E-state index in [4.69, 9.17) is 19.2 Å². The molecule has 53 valence electrons. The molecule has 0 rings (SSSR count). The molecule has 0 saturated heterocycles. The molecule has 0 atom stereocenters. The van der Waals surface area contributed by atoms with Crippen LogP contribution in [0.25, 0.3) is 0 Å². The third kappa shape index (κ3) is 90.2. The summed E-state index contributed by atoms with van der Waals surface area (Å²) >= 11 is 0. The molecule has 0 aliphatic carbocycles. The monoisotopic (exact) mass is 261 g/mol.